The summed E-state index contributed by atoms with van der Waals surface area (Å²) in [4.78, 5) is 11.6. The zero-order valence-electron chi connectivity index (χ0n) is 11.3. The molecule has 0 aliphatic heterocycles. The van der Waals surface area contributed by atoms with E-state index >= 15 is 0 Å². The van der Waals surface area contributed by atoms with Crippen molar-refractivity contribution in [2.24, 2.45) is 0 Å². The number of aromatic nitrogens is 2. The number of amides is 1. The van der Waals surface area contributed by atoms with E-state index in [0.717, 1.165) is 0 Å². The van der Waals surface area contributed by atoms with Gasteiger partial charge >= 0.3 is 0 Å². The summed E-state index contributed by atoms with van der Waals surface area (Å²) in [7, 11) is 0. The molecule has 0 atom stereocenters. The molecular weight excluding hydrogens is 336 g/mol. The minimum absolute atomic E-state index is 0. The van der Waals surface area contributed by atoms with E-state index in [4.69, 9.17) is 17.3 Å². The third-order valence-corrected chi connectivity index (χ3v) is 3.03. The Bertz CT molecular complexity index is 617. The van der Waals surface area contributed by atoms with Crippen LogP contribution in [0.5, 0.6) is 0 Å². The molecule has 0 spiro atoms. The van der Waals surface area contributed by atoms with E-state index in [2.05, 4.69) is 25.6 Å². The lowest BCUT2D eigenvalue weighted by Crippen LogP contribution is -3.00. The Morgan fingerprint density at radius 1 is 1.36 bits per heavy atom. The number of nitrogens with one attached hydrogen (secondary N) is 2. The number of anilines is 1. The number of benzene rings is 1. The van der Waals surface area contributed by atoms with Gasteiger partial charge in [-0.05, 0) is 22.4 Å². The third kappa shape index (κ3) is 4.55. The predicted octanol–water partition coefficient (Wildman–Crippen LogP) is -2.03. The molecular formula is C12H13Cl2FN5O2-. The van der Waals surface area contributed by atoms with E-state index in [1.54, 1.807) is 6.07 Å². The third-order valence-electron chi connectivity index (χ3n) is 2.68. The van der Waals surface area contributed by atoms with Crippen LogP contribution in [0, 0.1) is 5.82 Å². The molecule has 1 aromatic heterocycles. The monoisotopic (exact) mass is 348 g/mol. The number of carbonyl (C=O) groups is 1. The number of nitrogens with two attached hydrogens (primary N) is 1. The Kier molecular flexibility index (Phi) is 7.03. The standard InChI is InChI=1S/C12H13ClFN5O2.ClH/c13-8-2-1-3-9(14)7(8)6-16-4-5-17-12(20)10-11(15)19-21-18-10;/h1-3,16H,4-6H2,(H2,15,19)(H,17,20);1H/p-1. The fourth-order valence-electron chi connectivity index (χ4n) is 1.62. The average molecular weight is 349 g/mol. The molecule has 1 heterocycles. The van der Waals surface area contributed by atoms with Gasteiger partial charge in [0.2, 0.25) is 11.5 Å². The highest BCUT2D eigenvalue weighted by Crippen LogP contribution is 2.18. The molecule has 0 aliphatic carbocycles. The molecule has 2 rings (SSSR count). The molecule has 4 N–H and O–H groups in total. The molecule has 1 aromatic carbocycles. The van der Waals surface area contributed by atoms with Crippen molar-refractivity contribution in [2.45, 2.75) is 6.54 Å². The molecule has 2 aromatic rings. The Balaban J connectivity index is 0.00000242. The highest BCUT2D eigenvalue weighted by molar-refractivity contribution is 6.31. The summed E-state index contributed by atoms with van der Waals surface area (Å²) in [5.74, 6) is -0.932. The summed E-state index contributed by atoms with van der Waals surface area (Å²) < 4.78 is 17.8. The molecule has 0 radical (unpaired) electrons. The number of hydrogen-bond acceptors (Lipinski definition) is 6. The van der Waals surface area contributed by atoms with Crippen LogP contribution >= 0.6 is 11.6 Å². The first-order valence-electron chi connectivity index (χ1n) is 6.09. The van der Waals surface area contributed by atoms with Crippen LogP contribution < -0.4 is 28.8 Å². The second-order valence-corrected chi connectivity index (χ2v) is 4.54. The fraction of sp³-hybridized carbons (Fsp3) is 0.250. The van der Waals surface area contributed by atoms with Crippen molar-refractivity contribution in [2.75, 3.05) is 18.8 Å². The normalized spacial score (nSPS) is 10.1. The van der Waals surface area contributed by atoms with Crippen molar-refractivity contribution in [3.63, 3.8) is 0 Å². The van der Waals surface area contributed by atoms with Crippen LogP contribution in [0.4, 0.5) is 10.2 Å². The Morgan fingerprint density at radius 3 is 2.77 bits per heavy atom. The van der Waals surface area contributed by atoms with Crippen molar-refractivity contribution in [1.29, 1.82) is 0 Å². The summed E-state index contributed by atoms with van der Waals surface area (Å²) in [5, 5.41) is 12.6. The van der Waals surface area contributed by atoms with Crippen molar-refractivity contribution < 1.29 is 26.2 Å². The van der Waals surface area contributed by atoms with Crippen LogP contribution in [0.1, 0.15) is 16.1 Å². The lowest BCUT2D eigenvalue weighted by molar-refractivity contribution is -0.0000137. The Hall–Kier alpha value is -1.90. The van der Waals surface area contributed by atoms with E-state index in [0.29, 0.717) is 23.7 Å². The molecule has 120 valence electrons. The fourth-order valence-corrected chi connectivity index (χ4v) is 1.85. The lowest BCUT2D eigenvalue weighted by Gasteiger charge is -2.08. The van der Waals surface area contributed by atoms with E-state index in [1.807, 2.05) is 0 Å². The molecule has 0 fully saturated rings. The molecule has 0 unspecified atom stereocenters. The molecule has 0 aliphatic rings. The van der Waals surface area contributed by atoms with Crippen molar-refractivity contribution in [1.82, 2.24) is 20.9 Å². The predicted molar refractivity (Wildman–Crippen MR) is 74.2 cm³/mol. The van der Waals surface area contributed by atoms with Crippen molar-refractivity contribution in [3.05, 3.63) is 40.3 Å². The van der Waals surface area contributed by atoms with Gasteiger partial charge in [0.15, 0.2) is 0 Å². The molecule has 7 nitrogen and oxygen atoms in total. The van der Waals surface area contributed by atoms with Gasteiger partial charge in [0.1, 0.15) is 5.82 Å². The maximum absolute atomic E-state index is 13.5. The Morgan fingerprint density at radius 2 is 2.14 bits per heavy atom. The zero-order valence-corrected chi connectivity index (χ0v) is 12.8. The second-order valence-electron chi connectivity index (χ2n) is 4.13. The minimum Gasteiger partial charge on any atom is -1.00 e. The van der Waals surface area contributed by atoms with Gasteiger partial charge in [0, 0.05) is 30.2 Å². The Labute approximate surface area is 136 Å². The lowest BCUT2D eigenvalue weighted by atomic mass is 10.2. The van der Waals surface area contributed by atoms with Gasteiger partial charge in [-0.2, -0.15) is 0 Å². The highest BCUT2D eigenvalue weighted by atomic mass is 35.5. The van der Waals surface area contributed by atoms with Gasteiger partial charge in [0.25, 0.3) is 5.91 Å². The maximum atomic E-state index is 13.5. The topological polar surface area (TPSA) is 106 Å². The summed E-state index contributed by atoms with van der Waals surface area (Å²) >= 11 is 5.89. The number of rotatable bonds is 6. The zero-order chi connectivity index (χ0) is 15.2. The summed E-state index contributed by atoms with van der Waals surface area (Å²) in [6.07, 6.45) is 0. The second kappa shape index (κ2) is 8.52. The molecule has 0 saturated heterocycles. The van der Waals surface area contributed by atoms with Gasteiger partial charge in [0.05, 0.1) is 0 Å². The van der Waals surface area contributed by atoms with Gasteiger partial charge in [-0.15, -0.1) is 0 Å². The van der Waals surface area contributed by atoms with Crippen LogP contribution in [0.15, 0.2) is 22.8 Å². The molecule has 0 bridgehead atoms. The SMILES string of the molecule is Nc1nonc1C(=O)NCCNCc1c(F)cccc1Cl.[Cl-]. The minimum atomic E-state index is -0.487. The van der Waals surface area contributed by atoms with Crippen LogP contribution in [-0.4, -0.2) is 29.3 Å². The number of nitrogen functional groups attached to an aromatic ring is 1. The quantitative estimate of drug-likeness (QED) is 0.520. The van der Waals surface area contributed by atoms with Gasteiger partial charge < -0.3 is 28.8 Å². The average Bonchev–Trinajstić information content (AvgIpc) is 2.87. The van der Waals surface area contributed by atoms with Gasteiger partial charge in [-0.3, -0.25) is 4.79 Å². The van der Waals surface area contributed by atoms with E-state index in [9.17, 15) is 9.18 Å². The molecule has 0 saturated carbocycles. The first kappa shape index (κ1) is 18.1. The first-order chi connectivity index (χ1) is 10.1. The van der Waals surface area contributed by atoms with Crippen LogP contribution in [0.2, 0.25) is 5.02 Å². The molecule has 1 amide bonds. The van der Waals surface area contributed by atoms with Crippen LogP contribution in [-0.2, 0) is 6.54 Å². The van der Waals surface area contributed by atoms with E-state index in [1.165, 1.54) is 12.1 Å². The molecule has 10 heteroatoms. The van der Waals surface area contributed by atoms with Crippen LogP contribution in [0.3, 0.4) is 0 Å². The smallest absolute Gasteiger partial charge is 0.277 e. The number of nitrogens with zero attached hydrogens (tertiary/aromatic N) is 2. The van der Waals surface area contributed by atoms with Gasteiger partial charge in [-0.25, -0.2) is 9.02 Å². The molecule has 22 heavy (non-hydrogen) atoms. The number of halogens is 3. The summed E-state index contributed by atoms with van der Waals surface area (Å²) in [6, 6.07) is 4.49. The number of carbonyl (C=O) groups excluding carboxylic acids is 1. The van der Waals surface area contributed by atoms with Gasteiger partial charge in [-0.1, -0.05) is 17.7 Å². The summed E-state index contributed by atoms with van der Waals surface area (Å²) in [5.41, 5.74) is 5.70. The van der Waals surface area contributed by atoms with Crippen molar-refractivity contribution >= 4 is 23.3 Å². The van der Waals surface area contributed by atoms with Crippen molar-refractivity contribution in [3.8, 4) is 0 Å². The highest BCUT2D eigenvalue weighted by Gasteiger charge is 2.14. The largest absolute Gasteiger partial charge is 1.00 e. The summed E-state index contributed by atoms with van der Waals surface area (Å²) in [6.45, 7) is 0.980. The number of hydrogen-bond donors (Lipinski definition) is 3. The first-order valence-corrected chi connectivity index (χ1v) is 6.47. The van der Waals surface area contributed by atoms with E-state index in [-0.39, 0.29) is 36.3 Å². The van der Waals surface area contributed by atoms with E-state index < -0.39 is 5.91 Å². The van der Waals surface area contributed by atoms with Crippen LogP contribution in [0.25, 0.3) is 0 Å². The maximum Gasteiger partial charge on any atom is 0.277 e.